The van der Waals surface area contributed by atoms with Gasteiger partial charge in [-0.2, -0.15) is 0 Å². The van der Waals surface area contributed by atoms with Crippen LogP contribution in [0.25, 0.3) is 22.4 Å². The molecule has 1 aromatic heterocycles. The van der Waals surface area contributed by atoms with Gasteiger partial charge in [-0.25, -0.2) is 4.98 Å². The lowest BCUT2D eigenvalue weighted by Crippen LogP contribution is -2.51. The molecule has 4 bridgehead atoms. The lowest BCUT2D eigenvalue weighted by Gasteiger charge is -2.55. The number of nitrogens with zero attached hydrogens (tertiary/aromatic N) is 1. The number of benzene rings is 3. The number of imidazole rings is 1. The summed E-state index contributed by atoms with van der Waals surface area (Å²) < 4.78 is 0. The van der Waals surface area contributed by atoms with E-state index in [2.05, 4.69) is 15.6 Å². The lowest BCUT2D eigenvalue weighted by molar-refractivity contribution is -0.140. The van der Waals surface area contributed by atoms with Crippen molar-refractivity contribution in [3.05, 3.63) is 77.3 Å². The van der Waals surface area contributed by atoms with Crippen LogP contribution in [-0.2, 0) is 4.79 Å². The molecule has 4 aliphatic rings. The molecule has 192 valence electrons. The highest BCUT2D eigenvalue weighted by Gasteiger charge is 2.54. The normalized spacial score (nSPS) is 25.4. The number of rotatable bonds is 5. The van der Waals surface area contributed by atoms with E-state index in [9.17, 15) is 9.59 Å². The number of carbonyl (C=O) groups is 2. The van der Waals surface area contributed by atoms with Crippen molar-refractivity contribution in [2.45, 2.75) is 38.5 Å². The van der Waals surface area contributed by atoms with E-state index in [-0.39, 0.29) is 17.2 Å². The minimum absolute atomic E-state index is 0.173. The predicted octanol–water partition coefficient (Wildman–Crippen LogP) is 7.29. The summed E-state index contributed by atoms with van der Waals surface area (Å²) >= 11 is 5.91. The van der Waals surface area contributed by atoms with Gasteiger partial charge in [0.1, 0.15) is 5.82 Å². The highest BCUT2D eigenvalue weighted by molar-refractivity contribution is 6.30. The van der Waals surface area contributed by atoms with Crippen LogP contribution in [0.4, 0.5) is 11.4 Å². The maximum atomic E-state index is 13.5. The molecule has 0 unspecified atom stereocenters. The van der Waals surface area contributed by atoms with E-state index in [4.69, 9.17) is 16.6 Å². The average molecular weight is 525 g/mol. The molecular weight excluding hydrogens is 496 g/mol. The molecule has 3 N–H and O–H groups in total. The van der Waals surface area contributed by atoms with Crippen LogP contribution in [-0.4, -0.2) is 21.8 Å². The fourth-order valence-corrected chi connectivity index (χ4v) is 7.52. The van der Waals surface area contributed by atoms with E-state index in [1.54, 1.807) is 24.3 Å². The molecule has 4 fully saturated rings. The zero-order chi connectivity index (χ0) is 25.9. The number of fused-ring (bicyclic) bond motifs is 1. The van der Waals surface area contributed by atoms with Crippen LogP contribution in [0.5, 0.6) is 0 Å². The molecule has 4 saturated carbocycles. The zero-order valence-corrected chi connectivity index (χ0v) is 21.7. The first-order chi connectivity index (χ1) is 18.4. The Balaban J connectivity index is 1.05. The molecule has 3 aromatic carbocycles. The second-order valence-electron chi connectivity index (χ2n) is 11.5. The molecule has 1 heterocycles. The van der Waals surface area contributed by atoms with Gasteiger partial charge in [-0.05, 0) is 123 Å². The zero-order valence-electron chi connectivity index (χ0n) is 21.0. The van der Waals surface area contributed by atoms with Gasteiger partial charge in [0.15, 0.2) is 0 Å². The van der Waals surface area contributed by atoms with Crippen molar-refractivity contribution in [3.8, 4) is 11.4 Å². The summed E-state index contributed by atoms with van der Waals surface area (Å²) in [5, 5.41) is 6.74. The molecule has 0 aliphatic heterocycles. The third kappa shape index (κ3) is 4.27. The van der Waals surface area contributed by atoms with E-state index in [1.807, 2.05) is 42.5 Å². The molecule has 0 spiro atoms. The monoisotopic (exact) mass is 524 g/mol. The van der Waals surface area contributed by atoms with Crippen LogP contribution in [0.15, 0.2) is 66.7 Å². The largest absolute Gasteiger partial charge is 0.338 e. The summed E-state index contributed by atoms with van der Waals surface area (Å²) in [7, 11) is 0. The van der Waals surface area contributed by atoms with Gasteiger partial charge in [0, 0.05) is 27.5 Å². The van der Waals surface area contributed by atoms with Crippen molar-refractivity contribution < 1.29 is 9.59 Å². The molecule has 7 heteroatoms. The van der Waals surface area contributed by atoms with Crippen LogP contribution in [0.1, 0.15) is 48.9 Å². The molecule has 38 heavy (non-hydrogen) atoms. The van der Waals surface area contributed by atoms with Crippen LogP contribution in [0, 0.1) is 23.2 Å². The second kappa shape index (κ2) is 8.98. The van der Waals surface area contributed by atoms with Crippen molar-refractivity contribution in [2.75, 3.05) is 10.6 Å². The van der Waals surface area contributed by atoms with Crippen LogP contribution >= 0.6 is 11.6 Å². The molecular formula is C31H29ClN4O2. The minimum atomic E-state index is -0.193. The molecule has 2 amide bonds. The number of carbonyl (C=O) groups excluding carboxylic acids is 2. The molecule has 8 rings (SSSR count). The molecule has 4 aromatic rings. The molecule has 0 atom stereocenters. The number of aromatic amines is 1. The van der Waals surface area contributed by atoms with Gasteiger partial charge in [0.25, 0.3) is 5.91 Å². The number of halogens is 1. The maximum Gasteiger partial charge on any atom is 0.255 e. The Morgan fingerprint density at radius 2 is 1.45 bits per heavy atom. The predicted molar refractivity (Wildman–Crippen MR) is 150 cm³/mol. The van der Waals surface area contributed by atoms with Crippen LogP contribution < -0.4 is 10.6 Å². The summed E-state index contributed by atoms with van der Waals surface area (Å²) in [5.74, 6) is 2.96. The van der Waals surface area contributed by atoms with Crippen molar-refractivity contribution in [1.82, 2.24) is 9.97 Å². The highest BCUT2D eigenvalue weighted by Crippen LogP contribution is 2.60. The number of hydrogen-bond donors (Lipinski definition) is 3. The van der Waals surface area contributed by atoms with Gasteiger partial charge < -0.3 is 15.6 Å². The topological polar surface area (TPSA) is 86.9 Å². The molecule has 6 nitrogen and oxygen atoms in total. The fourth-order valence-electron chi connectivity index (χ4n) is 7.39. The van der Waals surface area contributed by atoms with E-state index < -0.39 is 0 Å². The summed E-state index contributed by atoms with van der Waals surface area (Å²) in [4.78, 5) is 34.1. The summed E-state index contributed by atoms with van der Waals surface area (Å²) in [6.07, 6.45) is 7.13. The van der Waals surface area contributed by atoms with Crippen LogP contribution in [0.3, 0.4) is 0 Å². The summed E-state index contributed by atoms with van der Waals surface area (Å²) in [5.41, 5.74) is 4.50. The van der Waals surface area contributed by atoms with Crippen LogP contribution in [0.2, 0.25) is 5.02 Å². The van der Waals surface area contributed by atoms with Gasteiger partial charge >= 0.3 is 0 Å². The summed E-state index contributed by atoms with van der Waals surface area (Å²) in [6.45, 7) is 0. The Morgan fingerprint density at radius 3 is 2.11 bits per heavy atom. The summed E-state index contributed by atoms with van der Waals surface area (Å²) in [6, 6.07) is 20.2. The third-order valence-corrected chi connectivity index (χ3v) is 9.03. The maximum absolute atomic E-state index is 13.5. The smallest absolute Gasteiger partial charge is 0.255 e. The standard InChI is InChI=1S/C31H29ClN4O2/c32-23-5-1-22(2-6-23)29(37)33-24-7-3-21(4-8-24)28-35-26-10-9-25(14-27(26)36-28)34-30(38)31-15-18-11-19(16-31)13-20(12-18)17-31/h1-10,14,18-20H,11-13,15-17H2,(H,33,37)(H,34,38)(H,35,36). The number of aromatic nitrogens is 2. The first kappa shape index (κ1) is 23.5. The minimum Gasteiger partial charge on any atom is -0.338 e. The first-order valence-corrected chi connectivity index (χ1v) is 13.8. The van der Waals surface area contributed by atoms with E-state index in [1.165, 1.54) is 19.3 Å². The lowest BCUT2D eigenvalue weighted by atomic mass is 9.49. The van der Waals surface area contributed by atoms with Gasteiger partial charge in [-0.15, -0.1) is 0 Å². The Morgan fingerprint density at radius 1 is 0.816 bits per heavy atom. The number of hydrogen-bond acceptors (Lipinski definition) is 3. The second-order valence-corrected chi connectivity index (χ2v) is 11.9. The number of H-pyrrole nitrogens is 1. The molecule has 0 saturated heterocycles. The average Bonchev–Trinajstić information content (AvgIpc) is 3.32. The Hall–Kier alpha value is -3.64. The van der Waals surface area contributed by atoms with Crippen molar-refractivity contribution in [1.29, 1.82) is 0 Å². The van der Waals surface area contributed by atoms with Gasteiger partial charge in [-0.3, -0.25) is 9.59 Å². The number of anilines is 2. The van der Waals surface area contributed by atoms with E-state index >= 15 is 0 Å². The van der Waals surface area contributed by atoms with E-state index in [0.29, 0.717) is 16.3 Å². The first-order valence-electron chi connectivity index (χ1n) is 13.4. The Bertz CT molecular complexity index is 1510. The van der Waals surface area contributed by atoms with Crippen molar-refractivity contribution in [3.63, 3.8) is 0 Å². The van der Waals surface area contributed by atoms with Crippen molar-refractivity contribution in [2.24, 2.45) is 23.2 Å². The quantitative estimate of drug-likeness (QED) is 0.256. The fraction of sp³-hybridized carbons (Fsp3) is 0.323. The SMILES string of the molecule is O=C(Nc1ccc(-c2nc3ccc(NC(=O)C45CC6CC(CC(C6)C4)C5)cc3[nH]2)cc1)c1ccc(Cl)cc1. The van der Waals surface area contributed by atoms with Gasteiger partial charge in [0.2, 0.25) is 5.91 Å². The highest BCUT2D eigenvalue weighted by atomic mass is 35.5. The van der Waals surface area contributed by atoms with Gasteiger partial charge in [0.05, 0.1) is 16.4 Å². The Kier molecular flexibility index (Phi) is 5.55. The number of nitrogens with one attached hydrogen (secondary N) is 3. The Labute approximate surface area is 226 Å². The number of amides is 2. The van der Waals surface area contributed by atoms with Gasteiger partial charge in [-0.1, -0.05) is 11.6 Å². The third-order valence-electron chi connectivity index (χ3n) is 8.78. The molecule has 0 radical (unpaired) electrons. The molecule has 4 aliphatic carbocycles. The van der Waals surface area contributed by atoms with E-state index in [0.717, 1.165) is 65.1 Å². The van der Waals surface area contributed by atoms with Crippen molar-refractivity contribution >= 4 is 45.8 Å².